The van der Waals surface area contributed by atoms with Crippen molar-refractivity contribution in [3.05, 3.63) is 0 Å². The van der Waals surface area contributed by atoms with Crippen LogP contribution in [0.1, 0.15) is 67.2 Å². The Morgan fingerprint density at radius 1 is 0.724 bits per heavy atom. The molecule has 0 atom stereocenters. The summed E-state index contributed by atoms with van der Waals surface area (Å²) in [4.78, 5) is 0. The molecular weight excluding hydrogens is 589 g/mol. The Hall–Kier alpha value is 2.64. The number of unbranched alkanes of at least 4 members (excludes halogenated alkanes) is 2. The molecule has 2 rings (SSSR count). The van der Waals surface area contributed by atoms with Crippen LogP contribution in [0, 0.1) is 10.8 Å². The van der Waals surface area contributed by atoms with E-state index in [4.69, 9.17) is 41.7 Å². The third kappa shape index (κ3) is 9.07. The van der Waals surface area contributed by atoms with Gasteiger partial charge in [0.25, 0.3) is 0 Å². The van der Waals surface area contributed by atoms with Gasteiger partial charge in [0.15, 0.2) is 0 Å². The molecule has 0 saturated carbocycles. The van der Waals surface area contributed by atoms with Crippen LogP contribution >= 0.6 is 28.5 Å². The molecule has 11 heteroatoms. The van der Waals surface area contributed by atoms with Crippen molar-refractivity contribution < 1.29 is 18.1 Å². The molecule has 0 aromatic carbocycles. The Balaban J connectivity index is 2.24. The fourth-order valence-electron chi connectivity index (χ4n) is 2.90. The van der Waals surface area contributed by atoms with E-state index < -0.39 is 27.0 Å². The molecule has 29 heavy (non-hydrogen) atoms. The third-order valence-electron chi connectivity index (χ3n) is 4.83. The van der Waals surface area contributed by atoms with Crippen molar-refractivity contribution in [2.24, 2.45) is 10.8 Å². The summed E-state index contributed by atoms with van der Waals surface area (Å²) in [5.74, 6) is 0. The van der Waals surface area contributed by atoms with Gasteiger partial charge < -0.3 is 0 Å². The van der Waals surface area contributed by atoms with Gasteiger partial charge in [-0.1, -0.05) is 0 Å². The molecule has 0 amide bonds. The van der Waals surface area contributed by atoms with Gasteiger partial charge >= 0.3 is 199 Å². The van der Waals surface area contributed by atoms with Gasteiger partial charge in [-0.25, -0.2) is 0 Å². The molecule has 0 spiro atoms. The fraction of sp³-hybridized carbons (Fsp3) is 1.00. The zero-order valence-corrected chi connectivity index (χ0v) is 26.6. The van der Waals surface area contributed by atoms with E-state index in [0.29, 0.717) is 26.4 Å². The molecule has 172 valence electrons. The van der Waals surface area contributed by atoms with Crippen molar-refractivity contribution in [2.75, 3.05) is 26.4 Å². The van der Waals surface area contributed by atoms with E-state index >= 15 is 0 Å². The molecule has 0 aliphatic carbocycles. The van der Waals surface area contributed by atoms with E-state index in [-0.39, 0.29) is 10.8 Å². The minimum atomic E-state index is -2.97. The molecule has 0 bridgehead atoms. The van der Waals surface area contributed by atoms with Crippen LogP contribution in [0.2, 0.25) is 8.87 Å². The van der Waals surface area contributed by atoms with E-state index in [9.17, 15) is 0 Å². The minimum absolute atomic E-state index is 0.0362. The summed E-state index contributed by atoms with van der Waals surface area (Å²) in [5, 5.41) is 0. The molecule has 0 unspecified atom stereocenters. The van der Waals surface area contributed by atoms with Crippen LogP contribution in [-0.2, 0) is 41.7 Å². The summed E-state index contributed by atoms with van der Waals surface area (Å²) in [5.41, 5.74) is -4.60. The normalized spacial score (nSPS) is 25.6. The zero-order chi connectivity index (χ0) is 21.8. The first kappa shape index (κ1) is 27.9. The van der Waals surface area contributed by atoms with Gasteiger partial charge in [0.05, 0.1) is 0 Å². The molecule has 0 aromatic heterocycles. The van der Waals surface area contributed by atoms with Crippen molar-refractivity contribution in [3.8, 4) is 0 Å². The Labute approximate surface area is 197 Å². The maximum absolute atomic E-state index is 6.25. The second-order valence-corrected chi connectivity index (χ2v) is 50.7. The van der Waals surface area contributed by atoms with Gasteiger partial charge in [-0.3, -0.25) is 0 Å². The van der Waals surface area contributed by atoms with Gasteiger partial charge in [0, 0.05) is 0 Å². The Morgan fingerprint density at radius 3 is 1.31 bits per heavy atom. The van der Waals surface area contributed by atoms with Gasteiger partial charge in [0.1, 0.15) is 0 Å². The van der Waals surface area contributed by atoms with Gasteiger partial charge in [0.2, 0.25) is 0 Å². The van der Waals surface area contributed by atoms with E-state index in [2.05, 4.69) is 41.5 Å². The topological polar surface area (TPSA) is 36.9 Å². The molecular formula is C18H38O4P2S4Sn. The maximum atomic E-state index is 6.25. The number of hydrogen-bond donors (Lipinski definition) is 0. The van der Waals surface area contributed by atoms with Crippen LogP contribution in [0.4, 0.5) is 0 Å². The van der Waals surface area contributed by atoms with Crippen LogP contribution in [-0.4, -0.2) is 42.0 Å². The van der Waals surface area contributed by atoms with E-state index in [1.54, 1.807) is 0 Å². The molecule has 2 heterocycles. The third-order valence-corrected chi connectivity index (χ3v) is 72.0. The molecule has 0 aromatic rings. The van der Waals surface area contributed by atoms with Crippen molar-refractivity contribution in [2.45, 2.75) is 76.1 Å². The predicted molar refractivity (Wildman–Crippen MR) is 140 cm³/mol. The summed E-state index contributed by atoms with van der Waals surface area (Å²) in [7, 11) is 3.89. The average molecular weight is 627 g/mol. The number of hydrogen-bond acceptors (Lipinski definition) is 8. The molecule has 4 nitrogen and oxygen atoms in total. The Kier molecular flexibility index (Phi) is 10.9. The second kappa shape index (κ2) is 11.4. The van der Waals surface area contributed by atoms with Gasteiger partial charge in [-0.15, -0.1) is 0 Å². The van der Waals surface area contributed by atoms with Crippen LogP contribution in [0.25, 0.3) is 0 Å². The fourth-order valence-corrected chi connectivity index (χ4v) is 101. The summed E-state index contributed by atoms with van der Waals surface area (Å²) < 4.78 is 27.5. The van der Waals surface area contributed by atoms with Gasteiger partial charge in [-0.05, 0) is 0 Å². The summed E-state index contributed by atoms with van der Waals surface area (Å²) in [6, 6.07) is 0. The molecule has 0 radical (unpaired) electrons. The van der Waals surface area contributed by atoms with Crippen molar-refractivity contribution in [3.63, 3.8) is 0 Å². The SMILES string of the molecule is CCC[CH2][Sn]([CH2]CCC)([S]P1(=S)OCC(C)(C)CO1)[S]P1(=S)OCC(C)(C)CO1. The Bertz CT molecular complexity index is 565. The van der Waals surface area contributed by atoms with Crippen molar-refractivity contribution >= 4 is 67.7 Å². The zero-order valence-electron chi connectivity index (χ0n) is 18.7. The van der Waals surface area contributed by atoms with Gasteiger partial charge in [-0.2, -0.15) is 0 Å². The van der Waals surface area contributed by atoms with E-state index in [0.717, 1.165) is 0 Å². The monoisotopic (exact) mass is 628 g/mol. The van der Waals surface area contributed by atoms with Crippen LogP contribution < -0.4 is 0 Å². The number of rotatable bonds is 10. The molecule has 2 aliphatic rings. The van der Waals surface area contributed by atoms with Crippen LogP contribution in [0.5, 0.6) is 0 Å². The average Bonchev–Trinajstić information content (AvgIpc) is 2.64. The quantitative estimate of drug-likeness (QED) is 0.178. The van der Waals surface area contributed by atoms with Crippen LogP contribution in [0.15, 0.2) is 0 Å². The molecule has 2 fully saturated rings. The predicted octanol–water partition coefficient (Wildman–Crippen LogP) is 8.09. The molecule has 2 aliphatic heterocycles. The van der Waals surface area contributed by atoms with E-state index in [1.807, 2.05) is 17.1 Å². The van der Waals surface area contributed by atoms with E-state index in [1.165, 1.54) is 34.6 Å². The molecule has 0 N–H and O–H groups in total. The first-order chi connectivity index (χ1) is 13.4. The summed E-state index contributed by atoms with van der Waals surface area (Å²) >= 11 is 9.05. The summed E-state index contributed by atoms with van der Waals surface area (Å²) in [6.07, 6.45) is 4.78. The second-order valence-electron chi connectivity index (χ2n) is 9.62. The van der Waals surface area contributed by atoms with Crippen LogP contribution in [0.3, 0.4) is 0 Å². The molecule has 2 saturated heterocycles. The van der Waals surface area contributed by atoms with Crippen molar-refractivity contribution in [1.82, 2.24) is 0 Å². The standard InChI is InChI=1S/2C5H11O2PS2.2C4H9.Sn/c2*1-5(2)3-6-8(9,10)7-4-5;2*1-3-4-2;/h2*3-4H2,1-2H3,(H,9,10);2*1,3-4H2,2H3;/q;;;;+2/p-2. The first-order valence-corrected chi connectivity index (χ1v) is 29.7. The first-order valence-electron chi connectivity index (χ1n) is 10.6. The van der Waals surface area contributed by atoms with Crippen molar-refractivity contribution in [1.29, 1.82) is 0 Å². The summed E-state index contributed by atoms with van der Waals surface area (Å²) in [6.45, 7) is 15.9. The Morgan fingerprint density at radius 2 is 1.03 bits per heavy atom.